The number of hydrogen-bond donors (Lipinski definition) is 1. The van der Waals surface area contributed by atoms with Gasteiger partial charge in [-0.15, -0.1) is 10.2 Å². The van der Waals surface area contributed by atoms with Gasteiger partial charge in [-0.25, -0.2) is 0 Å². The van der Waals surface area contributed by atoms with E-state index in [0.717, 1.165) is 0 Å². The minimum Gasteiger partial charge on any atom is -0.481 e. The van der Waals surface area contributed by atoms with Crippen LogP contribution in [0.3, 0.4) is 0 Å². The van der Waals surface area contributed by atoms with E-state index in [0.29, 0.717) is 25.2 Å². The highest BCUT2D eigenvalue weighted by Gasteiger charge is 2.29. The molecule has 1 aliphatic heterocycles. The number of anilines is 1. The van der Waals surface area contributed by atoms with Crippen molar-refractivity contribution in [2.45, 2.75) is 6.42 Å². The van der Waals surface area contributed by atoms with Gasteiger partial charge in [-0.1, -0.05) is 23.2 Å². The van der Waals surface area contributed by atoms with Gasteiger partial charge < -0.3 is 10.0 Å². The molecule has 16 heavy (non-hydrogen) atoms. The topological polar surface area (TPSA) is 66.3 Å². The summed E-state index contributed by atoms with van der Waals surface area (Å²) in [6.07, 6.45) is 0.603. The number of aliphatic carboxylic acids is 1. The van der Waals surface area contributed by atoms with Crippen molar-refractivity contribution in [2.75, 3.05) is 18.0 Å². The van der Waals surface area contributed by atoms with Crippen molar-refractivity contribution < 1.29 is 9.90 Å². The van der Waals surface area contributed by atoms with Crippen LogP contribution in [-0.4, -0.2) is 34.4 Å². The first-order valence-electron chi connectivity index (χ1n) is 4.74. The quantitative estimate of drug-likeness (QED) is 0.878. The molecule has 0 saturated carbocycles. The Kier molecular flexibility index (Phi) is 3.16. The van der Waals surface area contributed by atoms with Gasteiger partial charge >= 0.3 is 5.97 Å². The van der Waals surface area contributed by atoms with Gasteiger partial charge in [0.15, 0.2) is 10.3 Å². The number of carboxylic acids is 1. The summed E-state index contributed by atoms with van der Waals surface area (Å²) < 4.78 is 0. The fourth-order valence-corrected chi connectivity index (χ4v) is 2.10. The van der Waals surface area contributed by atoms with E-state index in [9.17, 15) is 4.79 Å². The van der Waals surface area contributed by atoms with E-state index < -0.39 is 5.97 Å². The van der Waals surface area contributed by atoms with Crippen LogP contribution in [0, 0.1) is 5.92 Å². The molecule has 0 spiro atoms. The molecule has 1 aromatic heterocycles. The van der Waals surface area contributed by atoms with Crippen molar-refractivity contribution in [1.29, 1.82) is 0 Å². The summed E-state index contributed by atoms with van der Waals surface area (Å²) >= 11 is 11.6. The summed E-state index contributed by atoms with van der Waals surface area (Å²) in [6.45, 7) is 1.07. The molecule has 1 unspecified atom stereocenters. The molecule has 86 valence electrons. The molecule has 1 saturated heterocycles. The van der Waals surface area contributed by atoms with Gasteiger partial charge in [0, 0.05) is 19.2 Å². The number of nitrogens with zero attached hydrogens (tertiary/aromatic N) is 3. The molecule has 0 bridgehead atoms. The summed E-state index contributed by atoms with van der Waals surface area (Å²) in [7, 11) is 0. The van der Waals surface area contributed by atoms with Crippen molar-refractivity contribution in [3.63, 3.8) is 0 Å². The maximum atomic E-state index is 10.8. The third-order valence-electron chi connectivity index (χ3n) is 2.58. The second-order valence-corrected chi connectivity index (χ2v) is 4.36. The van der Waals surface area contributed by atoms with Crippen molar-refractivity contribution >= 4 is 34.9 Å². The zero-order valence-electron chi connectivity index (χ0n) is 8.23. The van der Waals surface area contributed by atoms with E-state index in [2.05, 4.69) is 10.2 Å². The fourth-order valence-electron chi connectivity index (χ4n) is 1.75. The predicted octanol–water partition coefficient (Wildman–Crippen LogP) is 1.69. The molecule has 2 rings (SSSR count). The van der Waals surface area contributed by atoms with Crippen LogP contribution >= 0.6 is 23.2 Å². The predicted molar refractivity (Wildman–Crippen MR) is 60.0 cm³/mol. The van der Waals surface area contributed by atoms with Crippen LogP contribution in [0.4, 0.5) is 5.69 Å². The first kappa shape index (κ1) is 11.4. The number of aromatic nitrogens is 2. The van der Waals surface area contributed by atoms with Crippen molar-refractivity contribution in [3.05, 3.63) is 16.4 Å². The lowest BCUT2D eigenvalue weighted by atomic mass is 10.1. The highest BCUT2D eigenvalue weighted by Crippen LogP contribution is 2.30. The molecule has 0 aliphatic carbocycles. The van der Waals surface area contributed by atoms with E-state index >= 15 is 0 Å². The average molecular weight is 262 g/mol. The molecular formula is C9H9Cl2N3O2. The van der Waals surface area contributed by atoms with Gasteiger partial charge in [0.1, 0.15) is 0 Å². The molecule has 0 radical (unpaired) electrons. The molecule has 0 amide bonds. The Morgan fingerprint density at radius 3 is 2.88 bits per heavy atom. The molecule has 5 nitrogen and oxygen atoms in total. The number of hydrogen-bond acceptors (Lipinski definition) is 4. The van der Waals surface area contributed by atoms with Crippen molar-refractivity contribution in [3.8, 4) is 0 Å². The van der Waals surface area contributed by atoms with E-state index in [1.165, 1.54) is 0 Å². The third kappa shape index (κ3) is 2.20. The van der Waals surface area contributed by atoms with Crippen LogP contribution in [0.5, 0.6) is 0 Å². The van der Waals surface area contributed by atoms with Gasteiger partial charge in [0.05, 0.1) is 11.6 Å². The first-order chi connectivity index (χ1) is 7.58. The summed E-state index contributed by atoms with van der Waals surface area (Å²) in [5.41, 5.74) is 0.644. The molecule has 7 heteroatoms. The smallest absolute Gasteiger partial charge is 0.308 e. The highest BCUT2D eigenvalue weighted by molar-refractivity contribution is 6.33. The minimum atomic E-state index is -0.785. The highest BCUT2D eigenvalue weighted by atomic mass is 35.5. The van der Waals surface area contributed by atoms with Crippen LogP contribution in [0.1, 0.15) is 6.42 Å². The second kappa shape index (κ2) is 4.43. The van der Waals surface area contributed by atoms with Crippen molar-refractivity contribution in [2.24, 2.45) is 5.92 Å². The Hall–Kier alpha value is -1.07. The molecule has 1 fully saturated rings. The molecule has 0 aromatic carbocycles. The normalized spacial score (nSPS) is 20.1. The SMILES string of the molecule is O=C(O)C1CCN(c2cc(Cl)nnc2Cl)C1. The molecular weight excluding hydrogens is 253 g/mol. The maximum Gasteiger partial charge on any atom is 0.308 e. The lowest BCUT2D eigenvalue weighted by Gasteiger charge is -2.18. The molecule has 1 aromatic rings. The van der Waals surface area contributed by atoms with Gasteiger partial charge in [0.2, 0.25) is 0 Å². The summed E-state index contributed by atoms with van der Waals surface area (Å²) in [4.78, 5) is 12.7. The summed E-state index contributed by atoms with van der Waals surface area (Å²) in [5, 5.41) is 16.7. The largest absolute Gasteiger partial charge is 0.481 e. The van der Waals surface area contributed by atoms with Gasteiger partial charge in [-0.05, 0) is 6.42 Å². The summed E-state index contributed by atoms with van der Waals surface area (Å²) in [6, 6.07) is 1.60. The summed E-state index contributed by atoms with van der Waals surface area (Å²) in [5.74, 6) is -1.14. The van der Waals surface area contributed by atoms with Gasteiger partial charge in [-0.2, -0.15) is 0 Å². The van der Waals surface area contributed by atoms with Crippen LogP contribution in [0.15, 0.2) is 6.07 Å². The van der Waals surface area contributed by atoms with Crippen molar-refractivity contribution in [1.82, 2.24) is 10.2 Å². The number of carboxylic acid groups (broad SMARTS) is 1. The Labute approximate surface area is 102 Å². The van der Waals surface area contributed by atoms with E-state index in [1.807, 2.05) is 4.90 Å². The van der Waals surface area contributed by atoms with Crippen LogP contribution < -0.4 is 4.90 Å². The lowest BCUT2D eigenvalue weighted by Crippen LogP contribution is -2.23. The van der Waals surface area contributed by atoms with E-state index in [-0.39, 0.29) is 16.2 Å². The number of carbonyl (C=O) groups is 1. The van der Waals surface area contributed by atoms with E-state index in [1.54, 1.807) is 6.07 Å². The molecule has 2 heterocycles. The third-order valence-corrected chi connectivity index (χ3v) is 3.03. The Balaban J connectivity index is 2.20. The molecule has 1 N–H and O–H groups in total. The molecule has 1 atom stereocenters. The number of halogens is 2. The standard InChI is InChI=1S/C9H9Cl2N3O2/c10-7-3-6(8(11)13-12-7)14-2-1-5(4-14)9(15)16/h3,5H,1-2,4H2,(H,15,16). The lowest BCUT2D eigenvalue weighted by molar-refractivity contribution is -0.140. The van der Waals surface area contributed by atoms with Crippen LogP contribution in [0.25, 0.3) is 0 Å². The Morgan fingerprint density at radius 2 is 2.25 bits per heavy atom. The monoisotopic (exact) mass is 261 g/mol. The number of rotatable bonds is 2. The Morgan fingerprint density at radius 1 is 1.50 bits per heavy atom. The minimum absolute atomic E-state index is 0.246. The second-order valence-electron chi connectivity index (χ2n) is 3.61. The van der Waals surface area contributed by atoms with E-state index in [4.69, 9.17) is 28.3 Å². The Bertz CT molecular complexity index is 427. The molecule has 1 aliphatic rings. The fraction of sp³-hybridized carbons (Fsp3) is 0.444. The van der Waals surface area contributed by atoms with Gasteiger partial charge in [0.25, 0.3) is 0 Å². The van der Waals surface area contributed by atoms with Crippen LogP contribution in [-0.2, 0) is 4.79 Å². The average Bonchev–Trinajstić information content (AvgIpc) is 2.70. The zero-order chi connectivity index (χ0) is 11.7. The first-order valence-corrected chi connectivity index (χ1v) is 5.50. The van der Waals surface area contributed by atoms with Gasteiger partial charge in [-0.3, -0.25) is 4.79 Å². The zero-order valence-corrected chi connectivity index (χ0v) is 9.74. The maximum absolute atomic E-state index is 10.8. The van der Waals surface area contributed by atoms with Crippen LogP contribution in [0.2, 0.25) is 10.3 Å².